The molecule has 0 fully saturated rings. The Bertz CT molecular complexity index is 523. The lowest BCUT2D eigenvalue weighted by atomic mass is 10.1. The van der Waals surface area contributed by atoms with E-state index >= 15 is 0 Å². The lowest BCUT2D eigenvalue weighted by Crippen LogP contribution is -2.29. The topological polar surface area (TPSA) is 24.9 Å². The molecule has 0 aliphatic heterocycles. The van der Waals surface area contributed by atoms with E-state index in [1.54, 1.807) is 0 Å². The van der Waals surface area contributed by atoms with Gasteiger partial charge < -0.3 is 5.32 Å². The summed E-state index contributed by atoms with van der Waals surface area (Å²) in [5.74, 6) is 0. The maximum atomic E-state index is 4.43. The van der Waals surface area contributed by atoms with Crippen molar-refractivity contribution in [3.05, 3.63) is 65.0 Å². The molecule has 92 valence electrons. The number of benzene rings is 1. The van der Waals surface area contributed by atoms with Crippen LogP contribution in [0.25, 0.3) is 0 Å². The first-order valence-corrected chi connectivity index (χ1v) is 6.53. The number of hydrogen-bond acceptors (Lipinski definition) is 2. The van der Waals surface area contributed by atoms with Crippen LogP contribution in [0.5, 0.6) is 0 Å². The zero-order chi connectivity index (χ0) is 12.4. The summed E-state index contributed by atoms with van der Waals surface area (Å²) in [4.78, 5) is 4.43. The molecule has 0 bridgehead atoms. The molecule has 0 radical (unpaired) electrons. The van der Waals surface area contributed by atoms with Crippen molar-refractivity contribution in [3.63, 3.8) is 0 Å². The molecule has 3 rings (SSSR count). The number of aromatic nitrogens is 1. The highest BCUT2D eigenvalue weighted by atomic mass is 14.9. The summed E-state index contributed by atoms with van der Waals surface area (Å²) in [7, 11) is 0. The van der Waals surface area contributed by atoms with Gasteiger partial charge in [0.05, 0.1) is 5.69 Å². The molecule has 0 unspecified atom stereocenters. The number of pyridine rings is 1. The monoisotopic (exact) mass is 238 g/mol. The van der Waals surface area contributed by atoms with Gasteiger partial charge in [-0.2, -0.15) is 0 Å². The Morgan fingerprint density at radius 2 is 1.83 bits per heavy atom. The molecule has 0 atom stereocenters. The second-order valence-corrected chi connectivity index (χ2v) is 5.02. The van der Waals surface area contributed by atoms with Crippen LogP contribution in [0.4, 0.5) is 0 Å². The molecule has 2 aromatic rings. The van der Waals surface area contributed by atoms with E-state index in [9.17, 15) is 0 Å². The minimum Gasteiger partial charge on any atom is -0.308 e. The largest absolute Gasteiger partial charge is 0.308 e. The molecule has 1 aliphatic rings. The van der Waals surface area contributed by atoms with Crippen molar-refractivity contribution < 1.29 is 0 Å². The summed E-state index contributed by atoms with van der Waals surface area (Å²) < 4.78 is 0. The standard InChI is InChI=1S/C16H18N2/c1-12-5-4-8-17-16(12)11-18-15-9-13-6-2-3-7-14(13)10-15/h2-8,15,18H,9-11H2,1H3. The SMILES string of the molecule is Cc1cccnc1CNC1Cc2ccccc2C1. The van der Waals surface area contributed by atoms with E-state index in [4.69, 9.17) is 0 Å². The van der Waals surface area contributed by atoms with Gasteiger partial charge in [0.15, 0.2) is 0 Å². The predicted octanol–water partition coefficient (Wildman–Crippen LogP) is 2.65. The van der Waals surface area contributed by atoms with E-state index in [0.717, 1.165) is 25.1 Å². The average molecular weight is 238 g/mol. The summed E-state index contributed by atoms with van der Waals surface area (Å²) in [6.07, 6.45) is 4.15. The van der Waals surface area contributed by atoms with Crippen LogP contribution in [0.1, 0.15) is 22.4 Å². The molecule has 0 saturated carbocycles. The first-order valence-electron chi connectivity index (χ1n) is 6.53. The summed E-state index contributed by atoms with van der Waals surface area (Å²) in [6.45, 7) is 2.98. The molecule has 2 nitrogen and oxygen atoms in total. The molecule has 1 N–H and O–H groups in total. The Hall–Kier alpha value is -1.67. The smallest absolute Gasteiger partial charge is 0.0570 e. The minimum atomic E-state index is 0.559. The third-order valence-electron chi connectivity index (χ3n) is 3.73. The third-order valence-corrected chi connectivity index (χ3v) is 3.73. The molecule has 0 spiro atoms. The Balaban J connectivity index is 1.62. The van der Waals surface area contributed by atoms with Crippen LogP contribution >= 0.6 is 0 Å². The van der Waals surface area contributed by atoms with Gasteiger partial charge in [-0.3, -0.25) is 4.98 Å². The highest BCUT2D eigenvalue weighted by molar-refractivity contribution is 5.33. The molecular formula is C16H18N2. The maximum Gasteiger partial charge on any atom is 0.0570 e. The lowest BCUT2D eigenvalue weighted by molar-refractivity contribution is 0.526. The first-order chi connectivity index (χ1) is 8.83. The van der Waals surface area contributed by atoms with E-state index in [-0.39, 0.29) is 0 Å². The molecule has 1 aliphatic carbocycles. The van der Waals surface area contributed by atoms with Crippen LogP contribution in [0.3, 0.4) is 0 Å². The van der Waals surface area contributed by atoms with E-state index in [0.29, 0.717) is 6.04 Å². The fourth-order valence-corrected chi connectivity index (χ4v) is 2.65. The van der Waals surface area contributed by atoms with Crippen molar-refractivity contribution in [2.45, 2.75) is 32.4 Å². The third kappa shape index (κ3) is 2.29. The van der Waals surface area contributed by atoms with Gasteiger partial charge in [0, 0.05) is 18.8 Å². The lowest BCUT2D eigenvalue weighted by Gasteiger charge is -2.12. The molecule has 0 amide bonds. The number of aryl methyl sites for hydroxylation is 1. The van der Waals surface area contributed by atoms with Crippen LogP contribution < -0.4 is 5.32 Å². The predicted molar refractivity (Wildman–Crippen MR) is 73.5 cm³/mol. The van der Waals surface area contributed by atoms with Crippen molar-refractivity contribution in [2.24, 2.45) is 0 Å². The molecule has 1 heterocycles. The Kier molecular flexibility index (Phi) is 3.11. The maximum absolute atomic E-state index is 4.43. The molecular weight excluding hydrogens is 220 g/mol. The van der Waals surface area contributed by atoms with Gasteiger partial charge in [0.1, 0.15) is 0 Å². The Morgan fingerprint density at radius 1 is 1.11 bits per heavy atom. The van der Waals surface area contributed by atoms with E-state index in [1.165, 1.54) is 16.7 Å². The van der Waals surface area contributed by atoms with Crippen LogP contribution in [-0.4, -0.2) is 11.0 Å². The quantitative estimate of drug-likeness (QED) is 0.889. The zero-order valence-electron chi connectivity index (χ0n) is 10.7. The number of rotatable bonds is 3. The van der Waals surface area contributed by atoms with Gasteiger partial charge in [0.25, 0.3) is 0 Å². The van der Waals surface area contributed by atoms with Gasteiger partial charge >= 0.3 is 0 Å². The van der Waals surface area contributed by atoms with Crippen LogP contribution in [0.2, 0.25) is 0 Å². The number of fused-ring (bicyclic) bond motifs is 1. The second kappa shape index (κ2) is 4.91. The van der Waals surface area contributed by atoms with E-state index in [2.05, 4.69) is 47.6 Å². The molecule has 18 heavy (non-hydrogen) atoms. The van der Waals surface area contributed by atoms with Crippen molar-refractivity contribution in [1.29, 1.82) is 0 Å². The molecule has 1 aromatic carbocycles. The van der Waals surface area contributed by atoms with Crippen LogP contribution in [-0.2, 0) is 19.4 Å². The fraction of sp³-hybridized carbons (Fsp3) is 0.312. The Labute approximate surface area is 108 Å². The van der Waals surface area contributed by atoms with Crippen LogP contribution in [0.15, 0.2) is 42.6 Å². The number of hydrogen-bond donors (Lipinski definition) is 1. The summed E-state index contributed by atoms with van der Waals surface area (Å²) in [6, 6.07) is 13.4. The van der Waals surface area contributed by atoms with Crippen molar-refractivity contribution in [3.8, 4) is 0 Å². The summed E-state index contributed by atoms with van der Waals surface area (Å²) >= 11 is 0. The number of nitrogens with one attached hydrogen (secondary N) is 1. The highest BCUT2D eigenvalue weighted by Crippen LogP contribution is 2.21. The summed E-state index contributed by atoms with van der Waals surface area (Å²) in [5, 5.41) is 3.62. The van der Waals surface area contributed by atoms with Crippen LogP contribution in [0, 0.1) is 6.92 Å². The van der Waals surface area contributed by atoms with Gasteiger partial charge in [-0.25, -0.2) is 0 Å². The highest BCUT2D eigenvalue weighted by Gasteiger charge is 2.20. The molecule has 2 heteroatoms. The van der Waals surface area contributed by atoms with Gasteiger partial charge in [0.2, 0.25) is 0 Å². The second-order valence-electron chi connectivity index (χ2n) is 5.02. The molecule has 1 aromatic heterocycles. The Morgan fingerprint density at radius 3 is 2.50 bits per heavy atom. The van der Waals surface area contributed by atoms with Crippen molar-refractivity contribution >= 4 is 0 Å². The van der Waals surface area contributed by atoms with E-state index < -0.39 is 0 Å². The van der Waals surface area contributed by atoms with Crippen molar-refractivity contribution in [1.82, 2.24) is 10.3 Å². The summed E-state index contributed by atoms with van der Waals surface area (Å²) in [5.41, 5.74) is 5.41. The van der Waals surface area contributed by atoms with Gasteiger partial charge in [-0.15, -0.1) is 0 Å². The average Bonchev–Trinajstić information content (AvgIpc) is 2.80. The fourth-order valence-electron chi connectivity index (χ4n) is 2.65. The first kappa shape index (κ1) is 11.4. The zero-order valence-corrected chi connectivity index (χ0v) is 10.7. The van der Waals surface area contributed by atoms with E-state index in [1.807, 2.05) is 12.3 Å². The minimum absolute atomic E-state index is 0.559. The number of nitrogens with zero attached hydrogens (tertiary/aromatic N) is 1. The van der Waals surface area contributed by atoms with Gasteiger partial charge in [-0.1, -0.05) is 30.3 Å². The normalized spacial score (nSPS) is 14.7. The molecule has 0 saturated heterocycles. The van der Waals surface area contributed by atoms with Gasteiger partial charge in [-0.05, 0) is 42.5 Å². The van der Waals surface area contributed by atoms with Crippen molar-refractivity contribution in [2.75, 3.05) is 0 Å².